The molecular weight excluding hydrogens is 319 g/mol. The summed E-state index contributed by atoms with van der Waals surface area (Å²) in [6, 6.07) is 8.25. The van der Waals surface area contributed by atoms with Gasteiger partial charge in [0, 0.05) is 0 Å². The fourth-order valence-corrected chi connectivity index (χ4v) is 2.63. The highest BCUT2D eigenvalue weighted by atomic mass is 32.1. The maximum Gasteiger partial charge on any atom is 0.261 e. The van der Waals surface area contributed by atoms with Crippen molar-refractivity contribution in [2.45, 2.75) is 19.1 Å². The summed E-state index contributed by atoms with van der Waals surface area (Å²) in [6.45, 7) is 1.45. The molecule has 0 fully saturated rings. The predicted molar refractivity (Wildman–Crippen MR) is 85.6 cm³/mol. The summed E-state index contributed by atoms with van der Waals surface area (Å²) >= 11 is 1.29. The number of rotatable bonds is 6. The van der Waals surface area contributed by atoms with Crippen LogP contribution in [0.1, 0.15) is 28.3 Å². The topological polar surface area (TPSA) is 78.4 Å². The molecule has 23 heavy (non-hydrogen) atoms. The molecule has 3 N–H and O–H groups in total. The summed E-state index contributed by atoms with van der Waals surface area (Å²) in [7, 11) is 0. The molecule has 5 nitrogen and oxygen atoms in total. The standard InChI is InChI=1S/C16H17FN2O3S/c1-10(15(21)11-4-6-12(17)7-5-11)19-14(20)9-18-16(22)13-3-2-8-23-13/h2-8,10,15,21H,9H2,1H3,(H,18,22)(H,19,20)/t10-,15+/m0/s1. The number of carbonyl (C=O) groups excluding carboxylic acids is 2. The Hall–Kier alpha value is -2.25. The van der Waals surface area contributed by atoms with Crippen LogP contribution in [0.15, 0.2) is 41.8 Å². The van der Waals surface area contributed by atoms with Gasteiger partial charge in [0.15, 0.2) is 0 Å². The van der Waals surface area contributed by atoms with Crippen LogP contribution in [0.2, 0.25) is 0 Å². The second kappa shape index (κ2) is 7.85. The van der Waals surface area contributed by atoms with Crippen LogP contribution in [0.3, 0.4) is 0 Å². The zero-order valence-electron chi connectivity index (χ0n) is 12.5. The van der Waals surface area contributed by atoms with E-state index in [4.69, 9.17) is 0 Å². The lowest BCUT2D eigenvalue weighted by Gasteiger charge is -2.20. The lowest BCUT2D eigenvalue weighted by molar-refractivity contribution is -0.121. The zero-order valence-corrected chi connectivity index (χ0v) is 13.3. The summed E-state index contributed by atoms with van der Waals surface area (Å²) in [4.78, 5) is 24.1. The first-order valence-corrected chi connectivity index (χ1v) is 7.90. The van der Waals surface area contributed by atoms with Gasteiger partial charge in [-0.1, -0.05) is 18.2 Å². The molecule has 1 aromatic heterocycles. The minimum Gasteiger partial charge on any atom is -0.386 e. The number of thiophene rings is 1. The van der Waals surface area contributed by atoms with Crippen molar-refractivity contribution in [1.82, 2.24) is 10.6 Å². The van der Waals surface area contributed by atoms with E-state index in [1.54, 1.807) is 24.4 Å². The lowest BCUT2D eigenvalue weighted by Crippen LogP contribution is -2.43. The third-order valence-electron chi connectivity index (χ3n) is 3.23. The number of carbonyl (C=O) groups is 2. The average molecular weight is 336 g/mol. The van der Waals surface area contributed by atoms with Crippen LogP contribution in [0.4, 0.5) is 4.39 Å². The van der Waals surface area contributed by atoms with Crippen LogP contribution >= 0.6 is 11.3 Å². The monoisotopic (exact) mass is 336 g/mol. The fraction of sp³-hybridized carbons (Fsp3) is 0.250. The Balaban J connectivity index is 1.82. The Kier molecular flexibility index (Phi) is 5.84. The minimum absolute atomic E-state index is 0.183. The molecule has 0 aliphatic carbocycles. The molecular formula is C16H17FN2O3S. The van der Waals surface area contributed by atoms with Crippen molar-refractivity contribution in [2.75, 3.05) is 6.54 Å². The normalized spacial score (nSPS) is 13.2. The van der Waals surface area contributed by atoms with Crippen LogP contribution < -0.4 is 10.6 Å². The maximum absolute atomic E-state index is 12.9. The quantitative estimate of drug-likeness (QED) is 0.753. The van der Waals surface area contributed by atoms with E-state index in [-0.39, 0.29) is 12.5 Å². The second-order valence-electron chi connectivity index (χ2n) is 5.01. The van der Waals surface area contributed by atoms with Crippen molar-refractivity contribution in [3.8, 4) is 0 Å². The van der Waals surface area contributed by atoms with Gasteiger partial charge in [0.05, 0.1) is 23.6 Å². The summed E-state index contributed by atoms with van der Waals surface area (Å²) in [6.07, 6.45) is -0.965. The molecule has 0 spiro atoms. The predicted octanol–water partition coefficient (Wildman–Crippen LogP) is 1.86. The van der Waals surface area contributed by atoms with Gasteiger partial charge >= 0.3 is 0 Å². The van der Waals surface area contributed by atoms with Crippen LogP contribution in [-0.4, -0.2) is 29.5 Å². The highest BCUT2D eigenvalue weighted by Gasteiger charge is 2.19. The number of halogens is 1. The van der Waals surface area contributed by atoms with E-state index >= 15 is 0 Å². The Morgan fingerprint density at radius 3 is 2.57 bits per heavy atom. The van der Waals surface area contributed by atoms with Crippen molar-refractivity contribution in [1.29, 1.82) is 0 Å². The van der Waals surface area contributed by atoms with Crippen molar-refractivity contribution >= 4 is 23.2 Å². The van der Waals surface area contributed by atoms with Crippen LogP contribution in [0, 0.1) is 5.82 Å². The van der Waals surface area contributed by atoms with E-state index in [0.717, 1.165) is 0 Å². The third-order valence-corrected chi connectivity index (χ3v) is 4.10. The Bertz CT molecular complexity index is 658. The van der Waals surface area contributed by atoms with Crippen molar-refractivity contribution < 1.29 is 19.1 Å². The lowest BCUT2D eigenvalue weighted by atomic mass is 10.0. The van der Waals surface area contributed by atoms with Gasteiger partial charge in [0.2, 0.25) is 5.91 Å². The number of aliphatic hydroxyl groups excluding tert-OH is 1. The van der Waals surface area contributed by atoms with Crippen molar-refractivity contribution in [2.24, 2.45) is 0 Å². The Morgan fingerprint density at radius 1 is 1.26 bits per heavy atom. The highest BCUT2D eigenvalue weighted by molar-refractivity contribution is 7.12. The van der Waals surface area contributed by atoms with Crippen LogP contribution in [-0.2, 0) is 4.79 Å². The molecule has 0 saturated carbocycles. The molecule has 2 aromatic rings. The van der Waals surface area contributed by atoms with Gasteiger partial charge < -0.3 is 15.7 Å². The maximum atomic E-state index is 12.9. The summed E-state index contributed by atoms with van der Waals surface area (Å²) < 4.78 is 12.9. The first kappa shape index (κ1) is 17.1. The zero-order chi connectivity index (χ0) is 16.8. The number of aliphatic hydroxyl groups is 1. The molecule has 0 bridgehead atoms. The Morgan fingerprint density at radius 2 is 1.96 bits per heavy atom. The Labute approximate surface area is 137 Å². The number of amides is 2. The molecule has 2 amide bonds. The van der Waals surface area contributed by atoms with Gasteiger partial charge in [0.1, 0.15) is 5.82 Å². The van der Waals surface area contributed by atoms with Crippen molar-refractivity contribution in [3.05, 3.63) is 58.0 Å². The van der Waals surface area contributed by atoms with Gasteiger partial charge in [-0.25, -0.2) is 4.39 Å². The summed E-state index contributed by atoms with van der Waals surface area (Å²) in [5, 5.41) is 17.0. The first-order valence-electron chi connectivity index (χ1n) is 7.02. The van der Waals surface area contributed by atoms with E-state index in [1.807, 2.05) is 0 Å². The second-order valence-corrected chi connectivity index (χ2v) is 5.96. The number of hydrogen-bond donors (Lipinski definition) is 3. The molecule has 1 aromatic carbocycles. The molecule has 0 radical (unpaired) electrons. The smallest absolute Gasteiger partial charge is 0.261 e. The fourth-order valence-electron chi connectivity index (χ4n) is 1.99. The van der Waals surface area contributed by atoms with Gasteiger partial charge in [0.25, 0.3) is 5.91 Å². The largest absolute Gasteiger partial charge is 0.386 e. The number of hydrogen-bond acceptors (Lipinski definition) is 4. The van der Waals surface area contributed by atoms with E-state index in [9.17, 15) is 19.1 Å². The first-order chi connectivity index (χ1) is 11.0. The van der Waals surface area contributed by atoms with E-state index in [0.29, 0.717) is 10.4 Å². The molecule has 0 aliphatic rings. The van der Waals surface area contributed by atoms with Gasteiger partial charge in [-0.3, -0.25) is 9.59 Å². The minimum atomic E-state index is -0.965. The van der Waals surface area contributed by atoms with E-state index in [1.165, 1.54) is 35.6 Å². The molecule has 2 rings (SSSR count). The molecule has 2 atom stereocenters. The molecule has 0 unspecified atom stereocenters. The van der Waals surface area contributed by atoms with Crippen LogP contribution in [0.25, 0.3) is 0 Å². The number of nitrogens with one attached hydrogen (secondary N) is 2. The van der Waals surface area contributed by atoms with Gasteiger partial charge in [-0.15, -0.1) is 11.3 Å². The van der Waals surface area contributed by atoms with Crippen LogP contribution in [0.5, 0.6) is 0 Å². The number of benzene rings is 1. The molecule has 7 heteroatoms. The molecule has 0 saturated heterocycles. The summed E-state index contributed by atoms with van der Waals surface area (Å²) in [5.74, 6) is -1.13. The van der Waals surface area contributed by atoms with Gasteiger partial charge in [-0.05, 0) is 36.1 Å². The van der Waals surface area contributed by atoms with E-state index < -0.39 is 23.9 Å². The third kappa shape index (κ3) is 4.87. The highest BCUT2D eigenvalue weighted by Crippen LogP contribution is 2.17. The SMILES string of the molecule is C[C@H](NC(=O)CNC(=O)c1cccs1)[C@@H](O)c1ccc(F)cc1. The molecule has 0 aliphatic heterocycles. The molecule has 1 heterocycles. The van der Waals surface area contributed by atoms with E-state index in [2.05, 4.69) is 10.6 Å². The molecule has 122 valence electrons. The van der Waals surface area contributed by atoms with Gasteiger partial charge in [-0.2, -0.15) is 0 Å². The average Bonchev–Trinajstić information content (AvgIpc) is 3.07. The summed E-state index contributed by atoms with van der Waals surface area (Å²) in [5.41, 5.74) is 0.502. The van der Waals surface area contributed by atoms with Crippen molar-refractivity contribution in [3.63, 3.8) is 0 Å².